The molecule has 554 valence electrons. The Morgan fingerprint density at radius 2 is 1.06 bits per heavy atom. The molecule has 21 heteroatoms. The normalized spacial score (nSPS) is 25.4. The van der Waals surface area contributed by atoms with E-state index in [4.69, 9.17) is 9.47 Å². The summed E-state index contributed by atoms with van der Waals surface area (Å²) in [5.74, 6) is -12.0. The summed E-state index contributed by atoms with van der Waals surface area (Å²) >= 11 is 0. The van der Waals surface area contributed by atoms with Crippen molar-refractivity contribution in [2.75, 3.05) is 41.4 Å². The lowest BCUT2D eigenvalue weighted by molar-refractivity contribution is -0.148. The molecule has 0 aromatic heterocycles. The smallest absolute Gasteiger partial charge is 0.302 e. The maximum absolute atomic E-state index is 14.9. The number of nitrogens with zero attached hydrogens (tertiary/aromatic N) is 4. The number of amides is 6. The fraction of sp³-hybridized carbons (Fsp3) is 0.763. The van der Waals surface area contributed by atoms with E-state index in [9.17, 15) is 62.6 Å². The van der Waals surface area contributed by atoms with Crippen LogP contribution in [0.5, 0.6) is 0 Å². The fourth-order valence-corrected chi connectivity index (χ4v) is 12.3. The molecule has 1 aliphatic rings. The van der Waals surface area contributed by atoms with Gasteiger partial charge in [-0.2, -0.15) is 0 Å². The van der Waals surface area contributed by atoms with Crippen LogP contribution in [0.4, 0.5) is 0 Å². The van der Waals surface area contributed by atoms with E-state index in [0.717, 1.165) is 5.92 Å². The van der Waals surface area contributed by atoms with Gasteiger partial charge in [-0.05, 0) is 113 Å². The van der Waals surface area contributed by atoms with Crippen molar-refractivity contribution in [2.45, 2.75) is 270 Å². The van der Waals surface area contributed by atoms with E-state index in [2.05, 4.69) is 43.6 Å². The van der Waals surface area contributed by atoms with Crippen molar-refractivity contribution in [2.24, 2.45) is 65.1 Å². The Bertz CT molecular complexity index is 2630. The van der Waals surface area contributed by atoms with Crippen LogP contribution in [0.3, 0.4) is 0 Å². The topological polar surface area (TPSA) is 281 Å². The van der Waals surface area contributed by atoms with E-state index in [-0.39, 0.29) is 75.9 Å². The van der Waals surface area contributed by atoms with Crippen LogP contribution in [0.2, 0.25) is 0 Å². The maximum Gasteiger partial charge on any atom is 0.302 e. The van der Waals surface area contributed by atoms with Gasteiger partial charge >= 0.3 is 5.97 Å². The summed E-state index contributed by atoms with van der Waals surface area (Å²) in [6, 6.07) is -6.83. The van der Waals surface area contributed by atoms with Crippen LogP contribution < -0.4 is 10.6 Å². The van der Waals surface area contributed by atoms with Crippen molar-refractivity contribution in [3.05, 3.63) is 36.5 Å². The van der Waals surface area contributed by atoms with Crippen molar-refractivity contribution in [1.29, 1.82) is 0 Å². The van der Waals surface area contributed by atoms with Gasteiger partial charge in [0, 0.05) is 91.4 Å². The van der Waals surface area contributed by atoms with Crippen molar-refractivity contribution in [1.82, 2.24) is 30.2 Å². The number of carbonyl (C=O) groups excluding carboxylic acids is 12. The van der Waals surface area contributed by atoms with Gasteiger partial charge in [0.25, 0.3) is 0 Å². The molecule has 1 saturated heterocycles. The quantitative estimate of drug-likeness (QED) is 0.0671. The van der Waals surface area contributed by atoms with Crippen LogP contribution in [-0.4, -0.2) is 185 Å². The number of aliphatic hydroxyl groups excluding tert-OH is 1. The van der Waals surface area contributed by atoms with Gasteiger partial charge in [-0.3, -0.25) is 57.5 Å². The van der Waals surface area contributed by atoms with Crippen LogP contribution in [0.25, 0.3) is 0 Å². The second kappa shape index (κ2) is 46.2. The second-order valence-corrected chi connectivity index (χ2v) is 29.4. The van der Waals surface area contributed by atoms with Crippen molar-refractivity contribution in [3.8, 4) is 0 Å². The van der Waals surface area contributed by atoms with Crippen molar-refractivity contribution >= 4 is 70.3 Å². The van der Waals surface area contributed by atoms with E-state index in [0.29, 0.717) is 6.42 Å². The number of nitrogens with one attached hydrogen (secondary N) is 2. The standard InChI is InChI=1S/C68H114N6O15.C8H16/c1-22-24-27-44(13)63(82)51-38-58(79)61(43(11)12)74(21)67(86)49(32-39(3)4)36-57(78)54(34-41(7)8)71(18)66(85)46(15)69-64(83)45(14)35-56(77)53(33-40(5)6)72(19)68(87)50(42(9)10)37-59(80)62(47(16)88-30-25-26-31-89-48(17)75)73(20)60(81)29-28-55(76)52(23-2)70-65(51)84;1-4-5-6-7-8(2)3/h22,24-26,39-47,49-54,61-63,82H,23,27-38H2,1-21H3,(H,69,83)(H,70,84);5-6,8H,4,7H2,1-3H3/b24-22+,26-25+;6-5+/t44-,45-,46-,47-,49-,50+,51+,52+,53+,54+,61+,62+,63-;/m1./s1. The number of rotatable bonds is 22. The van der Waals surface area contributed by atoms with Crippen LogP contribution in [0.15, 0.2) is 36.5 Å². The van der Waals surface area contributed by atoms with Gasteiger partial charge in [-0.1, -0.05) is 141 Å². The van der Waals surface area contributed by atoms with Gasteiger partial charge in [0.1, 0.15) is 18.7 Å². The zero-order valence-corrected chi connectivity index (χ0v) is 64.0. The molecular weight excluding hydrogens is 1240 g/mol. The molecule has 6 amide bonds. The van der Waals surface area contributed by atoms with Gasteiger partial charge in [0.15, 0.2) is 28.9 Å². The predicted molar refractivity (Wildman–Crippen MR) is 381 cm³/mol. The predicted octanol–water partition coefficient (Wildman–Crippen LogP) is 10.3. The fourth-order valence-electron chi connectivity index (χ4n) is 12.3. The van der Waals surface area contributed by atoms with Gasteiger partial charge in [0.2, 0.25) is 35.4 Å². The molecule has 13 atom stereocenters. The summed E-state index contributed by atoms with van der Waals surface area (Å²) < 4.78 is 11.0. The molecule has 1 fully saturated rings. The van der Waals surface area contributed by atoms with Gasteiger partial charge in [-0.25, -0.2) is 0 Å². The molecule has 0 bridgehead atoms. The molecule has 3 N–H and O–H groups in total. The van der Waals surface area contributed by atoms with Crippen molar-refractivity contribution in [3.63, 3.8) is 0 Å². The Kier molecular flexibility index (Phi) is 43.2. The number of hydrogen-bond acceptors (Lipinski definition) is 15. The second-order valence-electron chi connectivity index (χ2n) is 29.4. The molecule has 21 nitrogen and oxygen atoms in total. The first-order chi connectivity index (χ1) is 45.1. The molecule has 0 unspecified atom stereocenters. The van der Waals surface area contributed by atoms with Crippen LogP contribution in [-0.2, 0) is 67.0 Å². The highest BCUT2D eigenvalue weighted by atomic mass is 16.5. The number of aliphatic hydroxyl groups is 1. The minimum atomic E-state index is -1.40. The minimum absolute atomic E-state index is 0.0350. The third kappa shape index (κ3) is 32.1. The number of esters is 1. The summed E-state index contributed by atoms with van der Waals surface area (Å²) in [6.45, 7) is 36.0. The average Bonchev–Trinajstić information content (AvgIpc) is 0.853. The van der Waals surface area contributed by atoms with Crippen LogP contribution >= 0.6 is 0 Å². The monoisotopic (exact) mass is 1370 g/mol. The molecule has 1 rings (SSSR count). The molecule has 97 heavy (non-hydrogen) atoms. The Morgan fingerprint density at radius 3 is 1.56 bits per heavy atom. The summed E-state index contributed by atoms with van der Waals surface area (Å²) in [4.78, 5) is 176. The molecule has 1 aliphatic heterocycles. The van der Waals surface area contributed by atoms with Gasteiger partial charge < -0.3 is 44.8 Å². The molecule has 0 saturated carbocycles. The number of likely N-dealkylation sites (N-methyl/N-ethyl adjacent to an activating group) is 4. The summed E-state index contributed by atoms with van der Waals surface area (Å²) in [5, 5.41) is 17.5. The molecule has 1 heterocycles. The van der Waals surface area contributed by atoms with E-state index >= 15 is 0 Å². The number of Topliss-reactive ketones (excluding diaryl/α,β-unsaturated/α-hetero) is 5. The number of hydrogen-bond donors (Lipinski definition) is 3. The Morgan fingerprint density at radius 1 is 0.536 bits per heavy atom. The lowest BCUT2D eigenvalue weighted by Gasteiger charge is -2.36. The van der Waals surface area contributed by atoms with E-state index in [1.54, 1.807) is 73.6 Å². The summed E-state index contributed by atoms with van der Waals surface area (Å²) in [5.41, 5.74) is 0. The molecule has 0 aromatic rings. The number of allylic oxidation sites excluding steroid dienone is 4. The molecule has 0 radical (unpaired) electrons. The Hall–Kier alpha value is -6.22. The SMILES string of the molecule is C/C=C/C[C@@H](C)[C@@H](O)[C@@H]1CC(=O)[C@H](C(C)C)N(C)C(=O)[C@H](CC(C)C)CC(=O)[C@H](CC(C)C)N(C)C(=O)[C@@H](C)NC(=O)[C@H](C)CC(=O)[C@H](CC(C)C)N(C)C(=O)[C@H](C(C)C)CC(=O)[C@H]([C@@H](C)OC/C=C/COC(C)=O)N(C)C(=O)CCC(=O)[C@H](CC)NC1=O.CC/C=C/CC(C)C. The van der Waals surface area contributed by atoms with Gasteiger partial charge in [0.05, 0.1) is 48.9 Å². The molecule has 0 aromatic carbocycles. The van der Waals surface area contributed by atoms with E-state index < -0.39 is 179 Å². The van der Waals surface area contributed by atoms with E-state index in [1.165, 1.54) is 81.4 Å². The lowest BCUT2D eigenvalue weighted by atomic mass is 9.82. The first kappa shape index (κ1) is 90.8. The minimum Gasteiger partial charge on any atom is -0.462 e. The summed E-state index contributed by atoms with van der Waals surface area (Å²) in [6.07, 6.45) is 9.97. The summed E-state index contributed by atoms with van der Waals surface area (Å²) in [7, 11) is 5.82. The largest absolute Gasteiger partial charge is 0.462 e. The van der Waals surface area contributed by atoms with Crippen molar-refractivity contribution < 1.29 is 72.1 Å². The van der Waals surface area contributed by atoms with Crippen LogP contribution in [0.1, 0.15) is 222 Å². The highest BCUT2D eigenvalue weighted by Gasteiger charge is 2.43. The Balaban J connectivity index is 0.0000108. The number of carbonyl (C=O) groups is 12. The van der Waals surface area contributed by atoms with E-state index in [1.807, 2.05) is 47.6 Å². The highest BCUT2D eigenvalue weighted by molar-refractivity contribution is 5.99. The first-order valence-corrected chi connectivity index (χ1v) is 35.8. The van der Waals surface area contributed by atoms with Gasteiger partial charge in [-0.15, -0.1) is 0 Å². The highest BCUT2D eigenvalue weighted by Crippen LogP contribution is 2.30. The first-order valence-electron chi connectivity index (χ1n) is 35.8. The third-order valence-electron chi connectivity index (χ3n) is 18.1. The zero-order chi connectivity index (χ0) is 74.9. The maximum atomic E-state index is 14.9. The Labute approximate surface area is 583 Å². The number of ketones is 5. The third-order valence-corrected chi connectivity index (χ3v) is 18.1. The molecule has 0 spiro atoms. The molecule has 0 aliphatic carbocycles. The lowest BCUT2D eigenvalue weighted by Crippen LogP contribution is -2.53. The average molecular weight is 1370 g/mol. The molecular formula is C76H130N6O15. The zero-order valence-electron chi connectivity index (χ0n) is 64.0. The number of ether oxygens (including phenoxy) is 2. The van der Waals surface area contributed by atoms with Crippen LogP contribution in [0, 0.1) is 65.1 Å².